The summed E-state index contributed by atoms with van der Waals surface area (Å²) in [5.41, 5.74) is 0.207. The van der Waals surface area contributed by atoms with Gasteiger partial charge in [0.1, 0.15) is 5.56 Å². The van der Waals surface area contributed by atoms with Gasteiger partial charge >= 0.3 is 5.97 Å². The number of ketones is 1. The summed E-state index contributed by atoms with van der Waals surface area (Å²) in [5.74, 6) is 0.367. The highest BCUT2D eigenvalue weighted by Crippen LogP contribution is 2.40. The highest BCUT2D eigenvalue weighted by Gasteiger charge is 2.29. The molecule has 2 rings (SSSR count). The Hall–Kier alpha value is -2.24. The molecule has 0 spiro atoms. The first-order valence-corrected chi connectivity index (χ1v) is 7.15. The van der Waals surface area contributed by atoms with E-state index >= 15 is 0 Å². The smallest absolute Gasteiger partial charge is 0.342 e. The molecule has 0 aliphatic heterocycles. The van der Waals surface area contributed by atoms with E-state index in [0.717, 1.165) is 12.8 Å². The zero-order valence-corrected chi connectivity index (χ0v) is 13.0. The lowest BCUT2D eigenvalue weighted by Gasteiger charge is -2.21. The van der Waals surface area contributed by atoms with Gasteiger partial charge in [-0.2, -0.15) is 0 Å². The van der Waals surface area contributed by atoms with Gasteiger partial charge in [-0.05, 0) is 31.4 Å². The molecule has 0 unspecified atom stereocenters. The van der Waals surface area contributed by atoms with Crippen molar-refractivity contribution in [2.24, 2.45) is 0 Å². The van der Waals surface area contributed by atoms with E-state index in [4.69, 9.17) is 18.9 Å². The molecule has 1 atom stereocenters. The van der Waals surface area contributed by atoms with Gasteiger partial charge in [-0.15, -0.1) is 0 Å². The number of esters is 1. The summed E-state index contributed by atoms with van der Waals surface area (Å²) >= 11 is 0. The lowest BCUT2D eigenvalue weighted by atomic mass is 9.96. The second-order valence-electron chi connectivity index (χ2n) is 4.99. The molecule has 0 radical (unpaired) electrons. The van der Waals surface area contributed by atoms with Crippen LogP contribution in [0.2, 0.25) is 0 Å². The van der Waals surface area contributed by atoms with E-state index in [1.165, 1.54) is 27.4 Å². The zero-order chi connectivity index (χ0) is 16.1. The zero-order valence-electron chi connectivity index (χ0n) is 13.0. The van der Waals surface area contributed by atoms with Crippen molar-refractivity contribution >= 4 is 11.8 Å². The number of rotatable bonds is 5. The third-order valence-electron chi connectivity index (χ3n) is 3.67. The standard InChI is InChI=1S/C16H20O6/c1-19-13-9-8-10(14(20-2)15(13)21-3)16(18)22-12-7-5-4-6-11(12)17/h8-9,12H,4-7H2,1-3H3/t12-/m1/s1. The molecule has 1 aliphatic rings. The summed E-state index contributed by atoms with van der Waals surface area (Å²) in [5, 5.41) is 0. The Bertz CT molecular complexity index is 566. The summed E-state index contributed by atoms with van der Waals surface area (Å²) in [6.45, 7) is 0. The van der Waals surface area contributed by atoms with Gasteiger partial charge in [-0.25, -0.2) is 4.79 Å². The third kappa shape index (κ3) is 3.16. The Morgan fingerprint density at radius 1 is 1.05 bits per heavy atom. The number of hydrogen-bond acceptors (Lipinski definition) is 6. The van der Waals surface area contributed by atoms with Crippen molar-refractivity contribution in [2.75, 3.05) is 21.3 Å². The minimum atomic E-state index is -0.668. The van der Waals surface area contributed by atoms with Crippen molar-refractivity contribution in [2.45, 2.75) is 31.8 Å². The summed E-state index contributed by atoms with van der Waals surface area (Å²) in [6, 6.07) is 3.14. The molecular weight excluding hydrogens is 288 g/mol. The summed E-state index contributed by atoms with van der Waals surface area (Å²) < 4.78 is 21.0. The first kappa shape index (κ1) is 16.1. The fraction of sp³-hybridized carbons (Fsp3) is 0.500. The molecule has 1 aliphatic carbocycles. The van der Waals surface area contributed by atoms with Gasteiger partial charge < -0.3 is 18.9 Å². The SMILES string of the molecule is COc1ccc(C(=O)O[C@@H]2CCCCC2=O)c(OC)c1OC. The molecule has 22 heavy (non-hydrogen) atoms. The fourth-order valence-corrected chi connectivity index (χ4v) is 2.53. The second kappa shape index (κ2) is 7.15. The topological polar surface area (TPSA) is 71.1 Å². The molecule has 0 bridgehead atoms. The maximum Gasteiger partial charge on any atom is 0.342 e. The van der Waals surface area contributed by atoms with Crippen molar-refractivity contribution in [3.63, 3.8) is 0 Å². The van der Waals surface area contributed by atoms with E-state index in [-0.39, 0.29) is 17.1 Å². The first-order chi connectivity index (χ1) is 10.6. The van der Waals surface area contributed by atoms with Crippen LogP contribution >= 0.6 is 0 Å². The summed E-state index contributed by atoms with van der Waals surface area (Å²) in [7, 11) is 4.38. The van der Waals surface area contributed by atoms with Gasteiger partial charge in [-0.3, -0.25) is 4.79 Å². The number of carbonyl (C=O) groups excluding carboxylic acids is 2. The average Bonchev–Trinajstić information content (AvgIpc) is 2.55. The number of carbonyl (C=O) groups is 2. The van der Waals surface area contributed by atoms with Crippen molar-refractivity contribution in [3.8, 4) is 17.2 Å². The molecule has 1 saturated carbocycles. The van der Waals surface area contributed by atoms with Crippen LogP contribution in [-0.4, -0.2) is 39.2 Å². The molecule has 6 nitrogen and oxygen atoms in total. The predicted molar refractivity (Wildman–Crippen MR) is 78.8 cm³/mol. The van der Waals surface area contributed by atoms with Gasteiger partial charge in [0.25, 0.3) is 0 Å². The maximum absolute atomic E-state index is 12.4. The quantitative estimate of drug-likeness (QED) is 0.778. The monoisotopic (exact) mass is 308 g/mol. The van der Waals surface area contributed by atoms with Crippen LogP contribution in [-0.2, 0) is 9.53 Å². The molecule has 1 fully saturated rings. The van der Waals surface area contributed by atoms with Gasteiger partial charge in [0.05, 0.1) is 21.3 Å². The molecule has 0 heterocycles. The molecule has 0 aromatic heterocycles. The molecule has 0 amide bonds. The van der Waals surface area contributed by atoms with Crippen LogP contribution in [0.15, 0.2) is 12.1 Å². The predicted octanol–water partition coefficient (Wildman–Crippen LogP) is 2.38. The van der Waals surface area contributed by atoms with E-state index < -0.39 is 12.1 Å². The van der Waals surface area contributed by atoms with E-state index in [0.29, 0.717) is 24.3 Å². The highest BCUT2D eigenvalue weighted by molar-refractivity contribution is 5.96. The largest absolute Gasteiger partial charge is 0.493 e. The first-order valence-electron chi connectivity index (χ1n) is 7.15. The fourth-order valence-electron chi connectivity index (χ4n) is 2.53. The van der Waals surface area contributed by atoms with Crippen LogP contribution in [0.1, 0.15) is 36.0 Å². The molecule has 120 valence electrons. The van der Waals surface area contributed by atoms with Crippen LogP contribution in [0.5, 0.6) is 17.2 Å². The van der Waals surface area contributed by atoms with Crippen molar-refractivity contribution in [3.05, 3.63) is 17.7 Å². The summed E-state index contributed by atoms with van der Waals surface area (Å²) in [6.07, 6.45) is 2.10. The maximum atomic E-state index is 12.4. The normalized spacial score (nSPS) is 17.8. The van der Waals surface area contributed by atoms with Crippen molar-refractivity contribution < 1.29 is 28.5 Å². The molecule has 0 N–H and O–H groups in total. The molecule has 6 heteroatoms. The minimum Gasteiger partial charge on any atom is -0.493 e. The summed E-state index contributed by atoms with van der Waals surface area (Å²) in [4.78, 5) is 24.1. The van der Waals surface area contributed by atoms with Crippen LogP contribution in [0, 0.1) is 0 Å². The number of Topliss-reactive ketones (excluding diaryl/α,β-unsaturated/α-hetero) is 1. The van der Waals surface area contributed by atoms with Gasteiger partial charge in [0, 0.05) is 6.42 Å². The highest BCUT2D eigenvalue weighted by atomic mass is 16.6. The minimum absolute atomic E-state index is 0.0287. The average molecular weight is 308 g/mol. The van der Waals surface area contributed by atoms with Gasteiger partial charge in [0.15, 0.2) is 23.4 Å². The van der Waals surface area contributed by atoms with Gasteiger partial charge in [0.2, 0.25) is 5.75 Å². The van der Waals surface area contributed by atoms with Crippen LogP contribution < -0.4 is 14.2 Å². The van der Waals surface area contributed by atoms with Crippen LogP contribution in [0.3, 0.4) is 0 Å². The Morgan fingerprint density at radius 2 is 1.77 bits per heavy atom. The van der Waals surface area contributed by atoms with Crippen LogP contribution in [0.4, 0.5) is 0 Å². The number of methoxy groups -OCH3 is 3. The van der Waals surface area contributed by atoms with E-state index in [1.54, 1.807) is 6.07 Å². The Morgan fingerprint density at radius 3 is 2.36 bits per heavy atom. The molecule has 1 aromatic rings. The lowest BCUT2D eigenvalue weighted by molar-refractivity contribution is -0.129. The van der Waals surface area contributed by atoms with E-state index in [2.05, 4.69) is 0 Å². The van der Waals surface area contributed by atoms with Gasteiger partial charge in [-0.1, -0.05) is 0 Å². The van der Waals surface area contributed by atoms with E-state index in [1.807, 2.05) is 0 Å². The third-order valence-corrected chi connectivity index (χ3v) is 3.67. The van der Waals surface area contributed by atoms with Crippen molar-refractivity contribution in [1.82, 2.24) is 0 Å². The Kier molecular flexibility index (Phi) is 5.25. The Labute approximate surface area is 129 Å². The van der Waals surface area contributed by atoms with E-state index in [9.17, 15) is 9.59 Å². The number of benzene rings is 1. The van der Waals surface area contributed by atoms with Crippen molar-refractivity contribution in [1.29, 1.82) is 0 Å². The molecular formula is C16H20O6. The molecule has 1 aromatic carbocycles. The molecule has 0 saturated heterocycles. The Balaban J connectivity index is 2.27. The number of ether oxygens (including phenoxy) is 4. The lowest BCUT2D eigenvalue weighted by Crippen LogP contribution is -2.30. The number of hydrogen-bond donors (Lipinski definition) is 0. The van der Waals surface area contributed by atoms with Crippen LogP contribution in [0.25, 0.3) is 0 Å². The second-order valence-corrected chi connectivity index (χ2v) is 4.99.